The number of rotatable bonds is 6. The number of hydrogen-bond donors (Lipinski definition) is 4. The molecule has 6 amide bonds. The molecule has 3 saturated heterocycles. The van der Waals surface area contributed by atoms with Crippen LogP contribution in [0, 0.1) is 40.3 Å². The Bertz CT molecular complexity index is 2570. The molecule has 5 aliphatic heterocycles. The predicted octanol–water partition coefficient (Wildman–Crippen LogP) is 6.90. The first-order chi connectivity index (χ1) is 31.5. The first-order valence-corrected chi connectivity index (χ1v) is 23.9. The van der Waals surface area contributed by atoms with Gasteiger partial charge in [-0.15, -0.1) is 0 Å². The molecular formula is C51H55Cl2FN6O6. The lowest BCUT2D eigenvalue weighted by atomic mass is 9.61. The van der Waals surface area contributed by atoms with Crippen LogP contribution in [-0.4, -0.2) is 82.5 Å². The summed E-state index contributed by atoms with van der Waals surface area (Å²) < 4.78 is 16.3. The summed E-state index contributed by atoms with van der Waals surface area (Å²) in [5, 5.41) is 12.6. The molecule has 5 heterocycles. The van der Waals surface area contributed by atoms with Crippen LogP contribution in [0.4, 0.5) is 10.1 Å². The number of halogens is 3. The van der Waals surface area contributed by atoms with Crippen LogP contribution in [0.2, 0.25) is 10.0 Å². The highest BCUT2D eigenvalue weighted by molar-refractivity contribution is 6.31. The van der Waals surface area contributed by atoms with E-state index in [0.717, 1.165) is 29.5 Å². The SMILES string of the molecule is CC(C)(C)C[C@@H]1N[C@@H](C(=O)NC2CCC(C(=O)N3CCC(C#Cc4cccc5c4CN(C4CCC(=O)NC4=O)C5=O)CC3)CC2)[C@H](c2cccc(Cl)c2F)[C@@]12Cc1ccc(Cl)cc1NC2=O. The highest BCUT2D eigenvalue weighted by atomic mass is 35.5. The van der Waals surface area contributed by atoms with E-state index < -0.39 is 41.2 Å². The summed E-state index contributed by atoms with van der Waals surface area (Å²) in [6, 6.07) is 13.2. The highest BCUT2D eigenvalue weighted by Crippen LogP contribution is 2.55. The maximum Gasteiger partial charge on any atom is 0.255 e. The molecule has 1 unspecified atom stereocenters. The van der Waals surface area contributed by atoms with E-state index in [1.807, 2.05) is 17.0 Å². The van der Waals surface area contributed by atoms with E-state index in [1.54, 1.807) is 36.4 Å². The number of carbonyl (C=O) groups is 6. The van der Waals surface area contributed by atoms with Crippen molar-refractivity contribution in [3.63, 3.8) is 0 Å². The van der Waals surface area contributed by atoms with Crippen LogP contribution >= 0.6 is 23.2 Å². The summed E-state index contributed by atoms with van der Waals surface area (Å²) in [4.78, 5) is 84.1. The van der Waals surface area contributed by atoms with E-state index in [0.29, 0.717) is 67.9 Å². The van der Waals surface area contributed by atoms with Gasteiger partial charge in [0.05, 0.1) is 16.5 Å². The number of nitrogens with one attached hydrogen (secondary N) is 4. The Labute approximate surface area is 394 Å². The highest BCUT2D eigenvalue weighted by Gasteiger charge is 2.64. The molecule has 4 N–H and O–H groups in total. The molecule has 12 nitrogen and oxygen atoms in total. The Kier molecular flexibility index (Phi) is 12.6. The van der Waals surface area contributed by atoms with Crippen molar-refractivity contribution in [3.05, 3.63) is 98.3 Å². The largest absolute Gasteiger partial charge is 0.352 e. The third-order valence-corrected chi connectivity index (χ3v) is 15.3. The molecule has 3 aromatic rings. The van der Waals surface area contributed by atoms with Gasteiger partial charge < -0.3 is 25.8 Å². The fourth-order valence-corrected chi connectivity index (χ4v) is 11.8. The summed E-state index contributed by atoms with van der Waals surface area (Å²) in [5.41, 5.74) is 2.23. The Balaban J connectivity index is 0.835. The Morgan fingerprint density at radius 2 is 1.67 bits per heavy atom. The van der Waals surface area contributed by atoms with Crippen molar-refractivity contribution in [1.29, 1.82) is 0 Å². The third kappa shape index (κ3) is 8.72. The van der Waals surface area contributed by atoms with Crippen LogP contribution in [-0.2, 0) is 36.9 Å². The minimum Gasteiger partial charge on any atom is -0.352 e. The fraction of sp³-hybridized carbons (Fsp3) is 0.490. The first kappa shape index (κ1) is 45.8. The number of anilines is 1. The summed E-state index contributed by atoms with van der Waals surface area (Å²) in [6.45, 7) is 7.67. The van der Waals surface area contributed by atoms with Gasteiger partial charge in [0.25, 0.3) is 5.91 Å². The van der Waals surface area contributed by atoms with Crippen molar-refractivity contribution in [2.24, 2.45) is 22.7 Å². The number of benzene rings is 3. The molecule has 0 radical (unpaired) electrons. The number of likely N-dealkylation sites (tertiary alicyclic amines) is 1. The lowest BCUT2D eigenvalue weighted by molar-refractivity contribution is -0.138. The lowest BCUT2D eigenvalue weighted by Crippen LogP contribution is -2.53. The second-order valence-electron chi connectivity index (χ2n) is 20.2. The number of amides is 6. The summed E-state index contributed by atoms with van der Waals surface area (Å²) in [6.07, 6.45) is 5.15. The van der Waals surface area contributed by atoms with Crippen molar-refractivity contribution in [3.8, 4) is 11.8 Å². The maximum absolute atomic E-state index is 16.3. The number of piperidine rings is 2. The van der Waals surface area contributed by atoms with Gasteiger partial charge in [0.2, 0.25) is 29.5 Å². The monoisotopic (exact) mass is 936 g/mol. The predicted molar refractivity (Wildman–Crippen MR) is 248 cm³/mol. The second kappa shape index (κ2) is 18.1. The number of nitrogens with zero attached hydrogens (tertiary/aromatic N) is 2. The maximum atomic E-state index is 16.3. The average Bonchev–Trinajstić information content (AvgIpc) is 3.78. The second-order valence-corrected chi connectivity index (χ2v) is 21.1. The Morgan fingerprint density at radius 3 is 2.39 bits per heavy atom. The van der Waals surface area contributed by atoms with E-state index in [2.05, 4.69) is 53.9 Å². The normalized spacial score (nSPS) is 27.7. The molecule has 346 valence electrons. The van der Waals surface area contributed by atoms with E-state index >= 15 is 4.39 Å². The van der Waals surface area contributed by atoms with Crippen LogP contribution in [0.5, 0.6) is 0 Å². The van der Waals surface area contributed by atoms with Gasteiger partial charge in [-0.05, 0) is 110 Å². The molecule has 15 heteroatoms. The molecule has 4 fully saturated rings. The smallest absolute Gasteiger partial charge is 0.255 e. The molecular weight excluding hydrogens is 883 g/mol. The minimum absolute atomic E-state index is 0.0719. The first-order valence-electron chi connectivity index (χ1n) is 23.2. The van der Waals surface area contributed by atoms with Crippen molar-refractivity contribution in [2.75, 3.05) is 18.4 Å². The lowest BCUT2D eigenvalue weighted by Gasteiger charge is -2.44. The van der Waals surface area contributed by atoms with Crippen molar-refractivity contribution in [2.45, 2.75) is 122 Å². The fourth-order valence-electron chi connectivity index (χ4n) is 11.4. The molecule has 9 rings (SSSR count). The van der Waals surface area contributed by atoms with E-state index in [1.165, 1.54) is 11.0 Å². The number of imide groups is 1. The van der Waals surface area contributed by atoms with Gasteiger partial charge in [-0.3, -0.25) is 34.1 Å². The summed E-state index contributed by atoms with van der Waals surface area (Å²) in [7, 11) is 0. The summed E-state index contributed by atoms with van der Waals surface area (Å²) in [5.74, 6) is 3.54. The van der Waals surface area contributed by atoms with Gasteiger partial charge in [-0.1, -0.05) is 80.1 Å². The van der Waals surface area contributed by atoms with E-state index in [4.69, 9.17) is 23.2 Å². The topological polar surface area (TPSA) is 157 Å². The number of carbonyl (C=O) groups excluding carboxylic acids is 6. The van der Waals surface area contributed by atoms with Gasteiger partial charge in [0, 0.05) is 77.7 Å². The number of fused-ring (bicyclic) bond motifs is 2. The van der Waals surface area contributed by atoms with Gasteiger partial charge >= 0.3 is 0 Å². The van der Waals surface area contributed by atoms with Gasteiger partial charge in [0.1, 0.15) is 11.9 Å². The Morgan fingerprint density at radius 1 is 0.924 bits per heavy atom. The van der Waals surface area contributed by atoms with E-state index in [9.17, 15) is 28.8 Å². The van der Waals surface area contributed by atoms with Gasteiger partial charge in [-0.2, -0.15) is 0 Å². The molecule has 3 aromatic carbocycles. The van der Waals surface area contributed by atoms with Crippen LogP contribution < -0.4 is 21.3 Å². The average molecular weight is 938 g/mol. The number of hydrogen-bond acceptors (Lipinski definition) is 7. The molecule has 0 aromatic heterocycles. The van der Waals surface area contributed by atoms with Crippen molar-refractivity contribution in [1.82, 2.24) is 25.8 Å². The van der Waals surface area contributed by atoms with Gasteiger partial charge in [-0.25, -0.2) is 4.39 Å². The van der Waals surface area contributed by atoms with Crippen LogP contribution in [0.3, 0.4) is 0 Å². The zero-order valence-electron chi connectivity index (χ0n) is 37.4. The van der Waals surface area contributed by atoms with Crippen LogP contribution in [0.1, 0.15) is 117 Å². The standard InChI is InChI=1S/C51H55Cl2FN6O6/c1-50(2,3)26-40-51(25-31-12-15-32(52)24-38(31)56-49(51)66)42(35-8-5-9-37(53)43(35)54)44(57-40)46(63)55-33-16-13-30(14-17-33)47(64)59-22-20-28(21-23-59)10-11-29-6-4-7-34-36(29)27-60(48(34)65)39-18-19-41(61)58-45(39)62/h4-9,12,15,24,28,30,33,39-40,42,44,57H,13-14,16-23,25-27H2,1-3H3,(H,55,63)(H,56,66)(H,58,61,62)/t30?,33?,39?,40-,42-,44+,51+/m0/s1. The van der Waals surface area contributed by atoms with Crippen molar-refractivity contribution < 1.29 is 33.2 Å². The molecule has 5 atom stereocenters. The van der Waals surface area contributed by atoms with Crippen molar-refractivity contribution >= 4 is 64.3 Å². The zero-order chi connectivity index (χ0) is 46.7. The molecule has 6 aliphatic rings. The Hall–Kier alpha value is -5.29. The molecule has 1 aliphatic carbocycles. The molecule has 1 spiro atoms. The van der Waals surface area contributed by atoms with Gasteiger partial charge in [0.15, 0.2) is 0 Å². The van der Waals surface area contributed by atoms with Crippen LogP contribution in [0.25, 0.3) is 0 Å². The van der Waals surface area contributed by atoms with Crippen LogP contribution in [0.15, 0.2) is 54.6 Å². The summed E-state index contributed by atoms with van der Waals surface area (Å²) >= 11 is 12.7. The molecule has 66 heavy (non-hydrogen) atoms. The zero-order valence-corrected chi connectivity index (χ0v) is 38.9. The quantitative estimate of drug-likeness (QED) is 0.155. The minimum atomic E-state index is -1.24. The molecule has 1 saturated carbocycles. The molecule has 0 bridgehead atoms. The third-order valence-electron chi connectivity index (χ3n) is 14.8. The van der Waals surface area contributed by atoms with E-state index in [-0.39, 0.29) is 82.8 Å².